The summed E-state index contributed by atoms with van der Waals surface area (Å²) in [6, 6.07) is 9.31. The van der Waals surface area contributed by atoms with Crippen LogP contribution in [0, 0.1) is 10.1 Å². The molecule has 0 radical (unpaired) electrons. The smallest absolute Gasteiger partial charge is 0.429 e. The maximum absolute atomic E-state index is 13.1. The molecule has 0 fully saturated rings. The quantitative estimate of drug-likeness (QED) is 0.0239. The second-order valence-electron chi connectivity index (χ2n) is 12.4. The van der Waals surface area contributed by atoms with E-state index < -0.39 is 47.4 Å². The zero-order valence-electron chi connectivity index (χ0n) is 32.9. The van der Waals surface area contributed by atoms with E-state index in [4.69, 9.17) is 29.4 Å². The Balaban J connectivity index is 0.00000387. The summed E-state index contributed by atoms with van der Waals surface area (Å²) in [7, 11) is 0. The van der Waals surface area contributed by atoms with Crippen LogP contribution in [-0.2, 0) is 49.5 Å². The molecule has 59 heavy (non-hydrogen) atoms. The highest BCUT2D eigenvalue weighted by atomic mass is 16.7. The van der Waals surface area contributed by atoms with E-state index in [1.807, 2.05) is 0 Å². The lowest BCUT2D eigenvalue weighted by Crippen LogP contribution is -2.47. The zero-order chi connectivity index (χ0) is 43.4. The first-order valence-corrected chi connectivity index (χ1v) is 18.7. The number of benzene rings is 2. The number of nitro groups is 1. The first-order chi connectivity index (χ1) is 28.3. The Morgan fingerprint density at radius 3 is 2.00 bits per heavy atom. The van der Waals surface area contributed by atoms with Gasteiger partial charge in [0.25, 0.3) is 17.5 Å². The number of nitrogens with one attached hydrogen (secondary N) is 4. The molecule has 2 aromatic carbocycles. The molecule has 0 saturated heterocycles. The van der Waals surface area contributed by atoms with Crippen molar-refractivity contribution < 1.29 is 62.2 Å². The minimum atomic E-state index is -1.05. The molecule has 0 bridgehead atoms. The van der Waals surface area contributed by atoms with Crippen LogP contribution in [0.5, 0.6) is 5.75 Å². The Hall–Kier alpha value is -6.45. The highest BCUT2D eigenvalue weighted by molar-refractivity contribution is 6.12. The van der Waals surface area contributed by atoms with Crippen LogP contribution in [0.3, 0.4) is 0 Å². The third-order valence-corrected chi connectivity index (χ3v) is 7.47. The molecular formula is C38H51N7O14. The summed E-state index contributed by atoms with van der Waals surface area (Å²) in [5.41, 5.74) is 5.83. The minimum absolute atomic E-state index is 0.0378. The number of hydrogen-bond donors (Lipinski definition) is 5. The average Bonchev–Trinajstić information content (AvgIpc) is 3.52. The lowest BCUT2D eigenvalue weighted by atomic mass is 10.1. The number of anilines is 1. The Bertz CT molecular complexity index is 1700. The summed E-state index contributed by atoms with van der Waals surface area (Å²) in [6.45, 7) is 5.16. The molecule has 1 atom stereocenters. The normalized spacial score (nSPS) is 12.1. The van der Waals surface area contributed by atoms with Crippen molar-refractivity contribution in [1.29, 1.82) is 0 Å². The van der Waals surface area contributed by atoms with E-state index in [0.29, 0.717) is 11.3 Å². The number of ether oxygens (including phenoxy) is 5. The van der Waals surface area contributed by atoms with E-state index in [1.54, 1.807) is 24.3 Å². The van der Waals surface area contributed by atoms with Crippen LogP contribution in [-0.4, -0.2) is 117 Å². The van der Waals surface area contributed by atoms with Gasteiger partial charge in [-0.25, -0.2) is 9.59 Å². The number of urea groups is 1. The van der Waals surface area contributed by atoms with Crippen molar-refractivity contribution >= 4 is 53.1 Å². The molecule has 0 spiro atoms. The molecule has 2 aromatic rings. The Labute approximate surface area is 340 Å². The number of amides is 7. The minimum Gasteiger partial charge on any atom is -0.429 e. The predicted molar refractivity (Wildman–Crippen MR) is 210 cm³/mol. The lowest BCUT2D eigenvalue weighted by Gasteiger charge is -2.19. The van der Waals surface area contributed by atoms with Crippen LogP contribution < -0.4 is 31.7 Å². The topological polar surface area (TPSA) is 286 Å². The van der Waals surface area contributed by atoms with Crippen molar-refractivity contribution in [2.75, 3.05) is 64.6 Å². The maximum atomic E-state index is 13.1. The molecule has 1 aliphatic rings. The zero-order valence-corrected chi connectivity index (χ0v) is 32.9. The Morgan fingerprint density at radius 2 is 1.41 bits per heavy atom. The number of carbonyl (C=O) groups excluding carboxylic acids is 7. The van der Waals surface area contributed by atoms with E-state index in [0.717, 1.165) is 4.90 Å². The standard InChI is InChI=1S/C35H43N7O14.C3H8/c36-34(48)37-14-1-2-28(33(47)39-25-5-3-24(4-6-25)23-55-35(49)56-27-9-7-26(8-10-27)42(50)51)40-30(44)22-38-29(43)13-16-52-18-20-54-21-19-53-17-15-41-31(45)11-12-32(41)46;1-3-2/h3-12,28H,1-2,13-23H2,(H,38,43)(H,39,47)(H,40,44)(H3,36,37,48);3H2,1-2H3/t28-;/m0./s1. The van der Waals surface area contributed by atoms with Crippen molar-refractivity contribution in [2.45, 2.75) is 52.2 Å². The first kappa shape index (κ1) is 48.7. The molecule has 21 nitrogen and oxygen atoms in total. The van der Waals surface area contributed by atoms with Crippen LogP contribution in [0.25, 0.3) is 0 Å². The second kappa shape index (κ2) is 28.0. The summed E-state index contributed by atoms with van der Waals surface area (Å²) in [6.07, 6.45) is 2.99. The largest absolute Gasteiger partial charge is 0.514 e. The molecule has 0 aromatic heterocycles. The van der Waals surface area contributed by atoms with E-state index in [1.165, 1.54) is 42.8 Å². The van der Waals surface area contributed by atoms with Crippen molar-refractivity contribution in [3.8, 4) is 5.75 Å². The third kappa shape index (κ3) is 21.0. The number of nitro benzene ring substituents is 1. The molecule has 0 saturated carbocycles. The number of imide groups is 1. The van der Waals surface area contributed by atoms with Crippen LogP contribution in [0.15, 0.2) is 60.7 Å². The van der Waals surface area contributed by atoms with E-state index >= 15 is 0 Å². The van der Waals surface area contributed by atoms with Crippen LogP contribution in [0.2, 0.25) is 0 Å². The molecule has 7 amide bonds. The number of carbonyl (C=O) groups is 7. The van der Waals surface area contributed by atoms with Gasteiger partial charge in [0, 0.05) is 42.9 Å². The van der Waals surface area contributed by atoms with E-state index in [-0.39, 0.29) is 102 Å². The van der Waals surface area contributed by atoms with Crippen molar-refractivity contribution in [3.05, 3.63) is 76.4 Å². The van der Waals surface area contributed by atoms with Crippen molar-refractivity contribution in [2.24, 2.45) is 5.73 Å². The van der Waals surface area contributed by atoms with E-state index in [2.05, 4.69) is 35.1 Å². The third-order valence-electron chi connectivity index (χ3n) is 7.47. The predicted octanol–water partition coefficient (Wildman–Crippen LogP) is 2.08. The summed E-state index contributed by atoms with van der Waals surface area (Å²) in [5.74, 6) is -2.36. The van der Waals surface area contributed by atoms with Gasteiger partial charge in [-0.1, -0.05) is 32.4 Å². The monoisotopic (exact) mass is 829 g/mol. The fraction of sp³-hybridized carbons (Fsp3) is 0.447. The summed E-state index contributed by atoms with van der Waals surface area (Å²) >= 11 is 0. The fourth-order valence-corrected chi connectivity index (χ4v) is 4.63. The Morgan fingerprint density at radius 1 is 0.814 bits per heavy atom. The van der Waals surface area contributed by atoms with Gasteiger partial charge >= 0.3 is 12.2 Å². The number of nitrogens with two attached hydrogens (primary N) is 1. The van der Waals surface area contributed by atoms with Gasteiger partial charge in [0.2, 0.25) is 17.7 Å². The highest BCUT2D eigenvalue weighted by Crippen LogP contribution is 2.18. The lowest BCUT2D eigenvalue weighted by molar-refractivity contribution is -0.384. The van der Waals surface area contributed by atoms with Crippen molar-refractivity contribution in [3.63, 3.8) is 0 Å². The molecule has 322 valence electrons. The van der Waals surface area contributed by atoms with Crippen LogP contribution in [0.4, 0.5) is 21.0 Å². The van der Waals surface area contributed by atoms with Gasteiger partial charge in [0.05, 0.1) is 57.7 Å². The molecule has 0 unspecified atom stereocenters. The number of rotatable bonds is 25. The van der Waals surface area contributed by atoms with Gasteiger partial charge in [-0.3, -0.25) is 39.0 Å². The van der Waals surface area contributed by atoms with Gasteiger partial charge in [-0.05, 0) is 42.7 Å². The average molecular weight is 830 g/mol. The van der Waals surface area contributed by atoms with Gasteiger partial charge in [-0.15, -0.1) is 0 Å². The number of non-ortho nitro benzene ring substituents is 1. The second-order valence-corrected chi connectivity index (χ2v) is 12.4. The van der Waals surface area contributed by atoms with Crippen LogP contribution in [0.1, 0.15) is 45.1 Å². The molecule has 3 rings (SSSR count). The maximum Gasteiger partial charge on any atom is 0.514 e. The summed E-state index contributed by atoms with van der Waals surface area (Å²) in [5, 5.41) is 20.9. The SMILES string of the molecule is CCC.NC(=O)NCCC[C@H](NC(=O)CNC(=O)CCOCCOCCOCCN1C(=O)C=CC1=O)C(=O)Nc1ccc(COC(=O)Oc2ccc([N+](=O)[O-])cc2)cc1. The Kier molecular flexibility index (Phi) is 23.1. The molecule has 1 heterocycles. The molecule has 0 aliphatic carbocycles. The van der Waals surface area contributed by atoms with Gasteiger partial charge < -0.3 is 50.7 Å². The van der Waals surface area contributed by atoms with Crippen LogP contribution >= 0.6 is 0 Å². The fourth-order valence-electron chi connectivity index (χ4n) is 4.63. The van der Waals surface area contributed by atoms with Crippen molar-refractivity contribution in [1.82, 2.24) is 20.9 Å². The first-order valence-electron chi connectivity index (χ1n) is 18.7. The van der Waals surface area contributed by atoms with Gasteiger partial charge in [0.15, 0.2) is 0 Å². The van der Waals surface area contributed by atoms with Gasteiger partial charge in [-0.2, -0.15) is 0 Å². The molecule has 21 heteroatoms. The van der Waals surface area contributed by atoms with Gasteiger partial charge in [0.1, 0.15) is 18.4 Å². The number of hydrogen-bond acceptors (Lipinski definition) is 14. The number of primary amides is 1. The molecule has 1 aliphatic heterocycles. The molecular weight excluding hydrogens is 778 g/mol. The van der Waals surface area contributed by atoms with E-state index in [9.17, 15) is 43.7 Å². The molecule has 6 N–H and O–H groups in total. The number of nitrogens with zero attached hydrogens (tertiary/aromatic N) is 2. The highest BCUT2D eigenvalue weighted by Gasteiger charge is 2.23. The summed E-state index contributed by atoms with van der Waals surface area (Å²) < 4.78 is 26.1. The summed E-state index contributed by atoms with van der Waals surface area (Å²) in [4.78, 5) is 95.2.